The number of aromatic nitrogens is 4. The molecule has 0 bridgehead atoms. The van der Waals surface area contributed by atoms with E-state index in [1.165, 1.54) is 0 Å². The van der Waals surface area contributed by atoms with E-state index in [2.05, 4.69) is 15.5 Å². The molecule has 1 unspecified atom stereocenters. The molecular formula is C13H17N5O2S. The molecule has 1 saturated heterocycles. The van der Waals surface area contributed by atoms with Gasteiger partial charge in [0, 0.05) is 11.3 Å². The van der Waals surface area contributed by atoms with Crippen LogP contribution in [0.15, 0.2) is 18.2 Å². The van der Waals surface area contributed by atoms with Crippen LogP contribution in [0.3, 0.4) is 0 Å². The van der Waals surface area contributed by atoms with Crippen LogP contribution in [0, 0.1) is 6.92 Å². The van der Waals surface area contributed by atoms with E-state index >= 15 is 0 Å². The van der Waals surface area contributed by atoms with Crippen LogP contribution in [0.2, 0.25) is 0 Å². The highest BCUT2D eigenvalue weighted by Gasteiger charge is 2.42. The first-order valence-corrected chi connectivity index (χ1v) is 8.49. The van der Waals surface area contributed by atoms with Gasteiger partial charge in [-0.1, -0.05) is 6.07 Å². The number of tetrazole rings is 1. The van der Waals surface area contributed by atoms with Crippen LogP contribution in [0.25, 0.3) is 11.4 Å². The number of anilines is 1. The van der Waals surface area contributed by atoms with Crippen molar-refractivity contribution in [1.82, 2.24) is 20.2 Å². The second-order valence-electron chi connectivity index (χ2n) is 5.83. The molecule has 0 spiro atoms. The Hall–Kier alpha value is -1.96. The minimum atomic E-state index is -3.04. The molecule has 112 valence electrons. The van der Waals surface area contributed by atoms with Crippen molar-refractivity contribution in [2.75, 3.05) is 17.2 Å². The Bertz CT molecular complexity index is 799. The maximum absolute atomic E-state index is 11.8. The molecule has 8 heteroatoms. The van der Waals surface area contributed by atoms with Crippen LogP contribution in [0.1, 0.15) is 18.9 Å². The minimum Gasteiger partial charge on any atom is -0.399 e. The minimum absolute atomic E-state index is 0.0550. The SMILES string of the molecule is Cc1ccc(N)cc1-c1nnnn1C1(C)CCS(=O)(=O)C1. The number of nitrogens with zero attached hydrogens (tertiary/aromatic N) is 4. The van der Waals surface area contributed by atoms with E-state index in [0.29, 0.717) is 17.9 Å². The molecule has 1 atom stereocenters. The number of nitrogens with two attached hydrogens (primary N) is 1. The number of sulfone groups is 1. The van der Waals surface area contributed by atoms with Crippen molar-refractivity contribution in [3.8, 4) is 11.4 Å². The molecule has 1 aliphatic heterocycles. The van der Waals surface area contributed by atoms with Gasteiger partial charge in [-0.2, -0.15) is 0 Å². The van der Waals surface area contributed by atoms with Crippen molar-refractivity contribution < 1.29 is 8.42 Å². The fourth-order valence-electron chi connectivity index (χ4n) is 2.76. The molecule has 0 saturated carbocycles. The molecule has 3 rings (SSSR count). The summed E-state index contributed by atoms with van der Waals surface area (Å²) in [6.45, 7) is 3.82. The third kappa shape index (κ3) is 2.39. The van der Waals surface area contributed by atoms with Gasteiger partial charge in [0.1, 0.15) is 0 Å². The predicted molar refractivity (Wildman–Crippen MR) is 79.3 cm³/mol. The van der Waals surface area contributed by atoms with Gasteiger partial charge in [-0.3, -0.25) is 0 Å². The topological polar surface area (TPSA) is 104 Å². The molecule has 21 heavy (non-hydrogen) atoms. The summed E-state index contributed by atoms with van der Waals surface area (Å²) in [4.78, 5) is 0. The maximum atomic E-state index is 11.8. The molecule has 1 fully saturated rings. The summed E-state index contributed by atoms with van der Waals surface area (Å²) < 4.78 is 25.2. The van der Waals surface area contributed by atoms with Crippen LogP contribution < -0.4 is 5.73 Å². The molecule has 7 nitrogen and oxygen atoms in total. The number of benzene rings is 1. The van der Waals surface area contributed by atoms with E-state index in [4.69, 9.17) is 5.73 Å². The zero-order valence-electron chi connectivity index (χ0n) is 11.9. The molecule has 2 aromatic rings. The van der Waals surface area contributed by atoms with Crippen molar-refractivity contribution in [2.45, 2.75) is 25.8 Å². The van der Waals surface area contributed by atoms with Crippen molar-refractivity contribution in [3.05, 3.63) is 23.8 Å². The molecule has 0 radical (unpaired) electrons. The summed E-state index contributed by atoms with van der Waals surface area (Å²) in [6, 6.07) is 5.52. The van der Waals surface area contributed by atoms with Gasteiger partial charge in [-0.15, -0.1) is 5.10 Å². The van der Waals surface area contributed by atoms with Crippen LogP contribution in [0.4, 0.5) is 5.69 Å². The molecular weight excluding hydrogens is 290 g/mol. The molecule has 2 N–H and O–H groups in total. The van der Waals surface area contributed by atoms with Gasteiger partial charge in [0.25, 0.3) is 0 Å². The number of hydrogen-bond donors (Lipinski definition) is 1. The van der Waals surface area contributed by atoms with E-state index in [-0.39, 0.29) is 11.5 Å². The average molecular weight is 307 g/mol. The van der Waals surface area contributed by atoms with Crippen LogP contribution in [-0.2, 0) is 15.4 Å². The normalized spacial score (nSPS) is 24.3. The van der Waals surface area contributed by atoms with Crippen molar-refractivity contribution >= 4 is 15.5 Å². The van der Waals surface area contributed by atoms with Gasteiger partial charge in [0.05, 0.1) is 17.0 Å². The van der Waals surface area contributed by atoms with E-state index < -0.39 is 15.4 Å². The van der Waals surface area contributed by atoms with Crippen LogP contribution in [0.5, 0.6) is 0 Å². The Kier molecular flexibility index (Phi) is 3.01. The zero-order chi connectivity index (χ0) is 15.3. The van der Waals surface area contributed by atoms with E-state index in [9.17, 15) is 8.42 Å². The van der Waals surface area contributed by atoms with Crippen LogP contribution >= 0.6 is 0 Å². The summed E-state index contributed by atoms with van der Waals surface area (Å²) in [5.41, 5.74) is 7.66. The lowest BCUT2D eigenvalue weighted by atomic mass is 10.0. The monoisotopic (exact) mass is 307 g/mol. The quantitative estimate of drug-likeness (QED) is 0.822. The Labute approximate surface area is 123 Å². The predicted octanol–water partition coefficient (Wildman–Crippen LogP) is 0.764. The summed E-state index contributed by atoms with van der Waals surface area (Å²) in [5, 5.41) is 11.8. The first-order valence-electron chi connectivity index (χ1n) is 6.67. The van der Waals surface area contributed by atoms with Crippen molar-refractivity contribution in [2.24, 2.45) is 0 Å². The molecule has 1 aromatic carbocycles. The fourth-order valence-corrected chi connectivity index (χ4v) is 4.87. The molecule has 1 aromatic heterocycles. The van der Waals surface area contributed by atoms with Gasteiger partial charge in [0.2, 0.25) is 0 Å². The Morgan fingerprint density at radius 1 is 1.38 bits per heavy atom. The summed E-state index contributed by atoms with van der Waals surface area (Å²) in [7, 11) is -3.04. The number of rotatable bonds is 2. The van der Waals surface area contributed by atoms with Gasteiger partial charge in [-0.25, -0.2) is 13.1 Å². The first kappa shape index (κ1) is 14.0. The number of hydrogen-bond acceptors (Lipinski definition) is 6. The fraction of sp³-hybridized carbons (Fsp3) is 0.462. The lowest BCUT2D eigenvalue weighted by Crippen LogP contribution is -2.33. The zero-order valence-corrected chi connectivity index (χ0v) is 12.8. The number of nitrogen functional groups attached to an aromatic ring is 1. The average Bonchev–Trinajstić information content (AvgIpc) is 2.98. The van der Waals surface area contributed by atoms with Gasteiger partial charge < -0.3 is 5.73 Å². The van der Waals surface area contributed by atoms with Crippen molar-refractivity contribution in [3.63, 3.8) is 0 Å². The standard InChI is InChI=1S/C13H17N5O2S/c1-9-3-4-10(14)7-11(9)12-15-16-17-18(12)13(2)5-6-21(19,20)8-13/h3-4,7H,5-6,8,14H2,1-2H3. The second kappa shape index (κ2) is 4.52. The second-order valence-corrected chi connectivity index (χ2v) is 8.01. The van der Waals surface area contributed by atoms with E-state index in [1.54, 1.807) is 4.68 Å². The highest BCUT2D eigenvalue weighted by atomic mass is 32.2. The van der Waals surface area contributed by atoms with Gasteiger partial charge in [0.15, 0.2) is 15.7 Å². The third-order valence-electron chi connectivity index (χ3n) is 3.97. The van der Waals surface area contributed by atoms with Gasteiger partial charge >= 0.3 is 0 Å². The van der Waals surface area contributed by atoms with Crippen molar-refractivity contribution in [1.29, 1.82) is 0 Å². The van der Waals surface area contributed by atoms with E-state index in [1.807, 2.05) is 32.0 Å². The van der Waals surface area contributed by atoms with Crippen LogP contribution in [-0.4, -0.2) is 40.1 Å². The smallest absolute Gasteiger partial charge is 0.182 e. The molecule has 0 aliphatic carbocycles. The highest BCUT2D eigenvalue weighted by Crippen LogP contribution is 2.34. The highest BCUT2D eigenvalue weighted by molar-refractivity contribution is 7.91. The summed E-state index contributed by atoms with van der Waals surface area (Å²) in [5.74, 6) is 0.775. The maximum Gasteiger partial charge on any atom is 0.182 e. The molecule has 0 amide bonds. The number of aryl methyl sites for hydroxylation is 1. The Morgan fingerprint density at radius 2 is 2.14 bits per heavy atom. The molecule has 1 aliphatic rings. The largest absolute Gasteiger partial charge is 0.399 e. The molecule has 2 heterocycles. The Morgan fingerprint density at radius 3 is 2.81 bits per heavy atom. The lowest BCUT2D eigenvalue weighted by molar-refractivity contribution is 0.325. The first-order chi connectivity index (χ1) is 9.81. The lowest BCUT2D eigenvalue weighted by Gasteiger charge is -2.23. The third-order valence-corrected chi connectivity index (χ3v) is 5.85. The Balaban J connectivity index is 2.12. The summed E-state index contributed by atoms with van der Waals surface area (Å²) in [6.07, 6.45) is 0.509. The van der Waals surface area contributed by atoms with E-state index in [0.717, 1.165) is 11.1 Å². The van der Waals surface area contributed by atoms with Gasteiger partial charge in [-0.05, 0) is 48.4 Å². The summed E-state index contributed by atoms with van der Waals surface area (Å²) >= 11 is 0.